The number of hydrogen-bond donors (Lipinski definition) is 0. The number of thioether (sulfide) groups is 1. The molecule has 2 fully saturated rings. The molecule has 2 saturated heterocycles. The van der Waals surface area contributed by atoms with E-state index in [4.69, 9.17) is 11.6 Å². The predicted molar refractivity (Wildman–Crippen MR) is 115 cm³/mol. The van der Waals surface area contributed by atoms with Crippen molar-refractivity contribution in [3.8, 4) is 0 Å². The van der Waals surface area contributed by atoms with Gasteiger partial charge in [-0.05, 0) is 29.8 Å². The summed E-state index contributed by atoms with van der Waals surface area (Å²) in [6.07, 6.45) is -4.63. The third-order valence-electron chi connectivity index (χ3n) is 5.04. The number of sulfone groups is 1. The highest BCUT2D eigenvalue weighted by atomic mass is 35.5. The highest BCUT2D eigenvalue weighted by Crippen LogP contribution is 2.42. The average Bonchev–Trinajstić information content (AvgIpc) is 3.13. The van der Waals surface area contributed by atoms with Crippen molar-refractivity contribution in [3.63, 3.8) is 0 Å². The van der Waals surface area contributed by atoms with Crippen LogP contribution in [0.4, 0.5) is 18.9 Å². The number of fused-ring (bicyclic) bond motifs is 1. The standard InChI is InChI=1S/C20H16ClF3N2O3S2/c21-15-7-2-1-4-12(15)8-18(27)25-19-26(16-10-31(28,29)11-17(16)30-19)14-6-3-5-13(9-14)20(22,23)24/h1-7,9,16-17H,8,10-11H2. The van der Waals surface area contributed by atoms with Crippen LogP contribution in [0.5, 0.6) is 0 Å². The Morgan fingerprint density at radius 3 is 2.61 bits per heavy atom. The van der Waals surface area contributed by atoms with Crippen LogP contribution in [0.1, 0.15) is 11.1 Å². The third-order valence-corrected chi connectivity index (χ3v) is 8.62. The fraction of sp³-hybridized carbons (Fsp3) is 0.300. The smallest absolute Gasteiger partial charge is 0.316 e. The van der Waals surface area contributed by atoms with E-state index in [1.54, 1.807) is 24.3 Å². The number of carbonyl (C=O) groups excluding carboxylic acids is 1. The van der Waals surface area contributed by atoms with Crippen LogP contribution < -0.4 is 4.90 Å². The Labute approximate surface area is 186 Å². The number of amidine groups is 1. The molecule has 2 unspecified atom stereocenters. The summed E-state index contributed by atoms with van der Waals surface area (Å²) in [7, 11) is -3.33. The number of nitrogens with zero attached hydrogens (tertiary/aromatic N) is 2. The highest BCUT2D eigenvalue weighted by molar-refractivity contribution is 8.16. The molecule has 5 nitrogen and oxygen atoms in total. The van der Waals surface area contributed by atoms with E-state index in [0.717, 1.165) is 23.9 Å². The molecule has 0 radical (unpaired) electrons. The first-order valence-electron chi connectivity index (χ1n) is 9.22. The zero-order chi connectivity index (χ0) is 22.4. The molecule has 2 atom stereocenters. The minimum atomic E-state index is -4.55. The monoisotopic (exact) mass is 488 g/mol. The summed E-state index contributed by atoms with van der Waals surface area (Å²) in [5, 5.41) is 0.195. The predicted octanol–water partition coefficient (Wildman–Crippen LogP) is 4.20. The number of aliphatic imine (C=N–C) groups is 1. The van der Waals surface area contributed by atoms with E-state index in [1.165, 1.54) is 17.0 Å². The van der Waals surface area contributed by atoms with Gasteiger partial charge in [-0.25, -0.2) is 8.42 Å². The van der Waals surface area contributed by atoms with Crippen molar-refractivity contribution < 1.29 is 26.4 Å². The summed E-state index contributed by atoms with van der Waals surface area (Å²) in [6, 6.07) is 10.8. The maximum absolute atomic E-state index is 13.2. The Morgan fingerprint density at radius 1 is 1.16 bits per heavy atom. The molecule has 2 aromatic carbocycles. The molecule has 11 heteroatoms. The molecule has 2 aliphatic rings. The molecule has 2 aromatic rings. The number of alkyl halides is 3. The minimum Gasteiger partial charge on any atom is -0.316 e. The van der Waals surface area contributed by atoms with Crippen LogP contribution in [0.15, 0.2) is 53.5 Å². The maximum Gasteiger partial charge on any atom is 0.416 e. The van der Waals surface area contributed by atoms with Gasteiger partial charge in [-0.2, -0.15) is 18.2 Å². The lowest BCUT2D eigenvalue weighted by molar-refractivity contribution is -0.137. The van der Waals surface area contributed by atoms with E-state index >= 15 is 0 Å². The first-order chi connectivity index (χ1) is 14.5. The molecule has 0 aliphatic carbocycles. The Balaban J connectivity index is 1.69. The van der Waals surface area contributed by atoms with Crippen molar-refractivity contribution >= 4 is 50.0 Å². The van der Waals surface area contributed by atoms with Gasteiger partial charge < -0.3 is 4.90 Å². The largest absolute Gasteiger partial charge is 0.416 e. The van der Waals surface area contributed by atoms with E-state index in [9.17, 15) is 26.4 Å². The van der Waals surface area contributed by atoms with Crippen LogP contribution in [0.3, 0.4) is 0 Å². The average molecular weight is 489 g/mol. The van der Waals surface area contributed by atoms with Gasteiger partial charge in [0.1, 0.15) is 0 Å². The molecule has 0 saturated carbocycles. The Hall–Kier alpha value is -2.04. The quantitative estimate of drug-likeness (QED) is 0.647. The van der Waals surface area contributed by atoms with Crippen molar-refractivity contribution in [3.05, 3.63) is 64.7 Å². The lowest BCUT2D eigenvalue weighted by Gasteiger charge is -2.25. The lowest BCUT2D eigenvalue weighted by Crippen LogP contribution is -2.38. The van der Waals surface area contributed by atoms with Crippen LogP contribution >= 0.6 is 23.4 Å². The van der Waals surface area contributed by atoms with Gasteiger partial charge in [0.25, 0.3) is 5.91 Å². The number of rotatable bonds is 3. The molecule has 0 spiro atoms. The summed E-state index contributed by atoms with van der Waals surface area (Å²) in [5.74, 6) is -0.843. The third kappa shape index (κ3) is 4.75. The molecular formula is C20H16ClF3N2O3S2. The van der Waals surface area contributed by atoms with Crippen LogP contribution in [0.2, 0.25) is 5.02 Å². The number of benzene rings is 2. The highest BCUT2D eigenvalue weighted by Gasteiger charge is 2.49. The zero-order valence-corrected chi connectivity index (χ0v) is 18.2. The molecule has 0 aromatic heterocycles. The van der Waals surface area contributed by atoms with Crippen molar-refractivity contribution in [1.82, 2.24) is 0 Å². The molecule has 2 heterocycles. The number of amides is 1. The second-order valence-corrected chi connectivity index (χ2v) is 11.0. The lowest BCUT2D eigenvalue weighted by atomic mass is 10.1. The molecule has 0 bridgehead atoms. The van der Waals surface area contributed by atoms with Gasteiger partial charge in [0, 0.05) is 16.0 Å². The van der Waals surface area contributed by atoms with Crippen molar-refractivity contribution in [1.29, 1.82) is 0 Å². The first-order valence-corrected chi connectivity index (χ1v) is 12.3. The van der Waals surface area contributed by atoms with Crippen LogP contribution in [-0.2, 0) is 27.2 Å². The maximum atomic E-state index is 13.2. The van der Waals surface area contributed by atoms with Gasteiger partial charge in [0.05, 0.1) is 29.5 Å². The second-order valence-electron chi connectivity index (χ2n) is 7.27. The van der Waals surface area contributed by atoms with E-state index in [-0.39, 0.29) is 28.8 Å². The van der Waals surface area contributed by atoms with Crippen molar-refractivity contribution in [2.24, 2.45) is 4.99 Å². The summed E-state index contributed by atoms with van der Waals surface area (Å²) in [4.78, 5) is 18.2. The van der Waals surface area contributed by atoms with Gasteiger partial charge in [-0.15, -0.1) is 0 Å². The molecular weight excluding hydrogens is 473 g/mol. The molecule has 31 heavy (non-hydrogen) atoms. The summed E-state index contributed by atoms with van der Waals surface area (Å²) in [6.45, 7) is 0. The fourth-order valence-corrected chi connectivity index (χ4v) is 7.78. The van der Waals surface area contributed by atoms with Gasteiger partial charge in [-0.1, -0.05) is 47.6 Å². The van der Waals surface area contributed by atoms with Crippen LogP contribution in [0.25, 0.3) is 0 Å². The van der Waals surface area contributed by atoms with Crippen molar-refractivity contribution in [2.45, 2.75) is 23.9 Å². The number of anilines is 1. The van der Waals surface area contributed by atoms with Crippen LogP contribution in [0, 0.1) is 0 Å². The minimum absolute atomic E-state index is 0.0756. The Kier molecular flexibility index (Phi) is 5.82. The number of halogens is 4. The van der Waals surface area contributed by atoms with E-state index in [2.05, 4.69) is 4.99 Å². The normalized spacial score (nSPS) is 23.9. The zero-order valence-electron chi connectivity index (χ0n) is 15.8. The topological polar surface area (TPSA) is 66.8 Å². The Bertz CT molecular complexity index is 1170. The van der Waals surface area contributed by atoms with Gasteiger partial charge >= 0.3 is 6.18 Å². The molecule has 164 valence electrons. The number of carbonyl (C=O) groups is 1. The van der Waals surface area contributed by atoms with Gasteiger partial charge in [-0.3, -0.25) is 4.79 Å². The molecule has 4 rings (SSSR count). The Morgan fingerprint density at radius 2 is 1.90 bits per heavy atom. The van der Waals surface area contributed by atoms with Crippen LogP contribution in [-0.4, -0.2) is 42.3 Å². The van der Waals surface area contributed by atoms with Gasteiger partial charge in [0.15, 0.2) is 15.0 Å². The summed E-state index contributed by atoms with van der Waals surface area (Å²) < 4.78 is 63.9. The first kappa shape index (κ1) is 22.2. The number of hydrogen-bond acceptors (Lipinski definition) is 4. The SMILES string of the molecule is O=C(Cc1ccccc1Cl)N=C1SC2CS(=O)(=O)CC2N1c1cccc(C(F)(F)F)c1. The fourth-order valence-electron chi connectivity index (χ4n) is 3.65. The molecule has 0 N–H and O–H groups in total. The van der Waals surface area contributed by atoms with E-state index in [0.29, 0.717) is 10.6 Å². The van der Waals surface area contributed by atoms with E-state index in [1.807, 2.05) is 0 Å². The summed E-state index contributed by atoms with van der Waals surface area (Å²) >= 11 is 7.19. The van der Waals surface area contributed by atoms with Gasteiger partial charge in [0.2, 0.25) is 0 Å². The van der Waals surface area contributed by atoms with Crippen molar-refractivity contribution in [2.75, 3.05) is 16.4 Å². The molecule has 2 aliphatic heterocycles. The second kappa shape index (κ2) is 8.14. The van der Waals surface area contributed by atoms with E-state index < -0.39 is 38.8 Å². The molecule has 1 amide bonds. The summed E-state index contributed by atoms with van der Waals surface area (Å²) in [5.41, 5.74) is -0.132.